The van der Waals surface area contributed by atoms with E-state index < -0.39 is 38.6 Å². The molecule has 0 amide bonds. The van der Waals surface area contributed by atoms with Crippen molar-refractivity contribution in [2.75, 3.05) is 0 Å². The summed E-state index contributed by atoms with van der Waals surface area (Å²) < 4.78 is 30.6. The molecule has 10 nitrogen and oxygen atoms in total. The number of phenols is 2. The first-order valence-corrected chi connectivity index (χ1v) is 8.52. The molecule has 22 heavy (non-hydrogen) atoms. The maximum Gasteiger partial charge on any atom is 0.524 e. The van der Waals surface area contributed by atoms with E-state index in [2.05, 4.69) is 9.05 Å². The molecule has 0 radical (unpaired) electrons. The number of benzene rings is 2. The van der Waals surface area contributed by atoms with Gasteiger partial charge in [-0.2, -0.15) is 0 Å². The van der Waals surface area contributed by atoms with E-state index in [1.165, 1.54) is 12.1 Å². The number of phenolic OH excluding ortho intramolecular Hbond substituents is 2. The number of fused-ring (bicyclic) bond motifs is 1. The molecule has 0 aromatic heterocycles. The molecule has 0 heterocycles. The summed E-state index contributed by atoms with van der Waals surface area (Å²) in [7, 11) is -10.0. The quantitative estimate of drug-likeness (QED) is 0.439. The van der Waals surface area contributed by atoms with Gasteiger partial charge in [-0.1, -0.05) is 12.1 Å². The summed E-state index contributed by atoms with van der Waals surface area (Å²) in [5, 5.41) is 19.0. The third-order valence-corrected chi connectivity index (χ3v) is 3.32. The highest BCUT2D eigenvalue weighted by Crippen LogP contribution is 2.52. The lowest BCUT2D eigenvalue weighted by Crippen LogP contribution is -1.95. The number of phosphoric acid groups is 2. The minimum Gasteiger partial charge on any atom is -0.507 e. The summed E-state index contributed by atoms with van der Waals surface area (Å²) in [4.78, 5) is 35.4. The number of phosphoric ester groups is 2. The Balaban J connectivity index is 2.79. The largest absolute Gasteiger partial charge is 0.524 e. The van der Waals surface area contributed by atoms with E-state index in [1.807, 2.05) is 0 Å². The van der Waals surface area contributed by atoms with Gasteiger partial charge in [0.15, 0.2) is 11.5 Å². The van der Waals surface area contributed by atoms with Gasteiger partial charge < -0.3 is 19.3 Å². The van der Waals surface area contributed by atoms with Crippen LogP contribution in [0.4, 0.5) is 0 Å². The minimum atomic E-state index is -5.03. The number of hydrogen-bond donors (Lipinski definition) is 6. The van der Waals surface area contributed by atoms with Gasteiger partial charge in [0, 0.05) is 11.5 Å². The molecule has 12 heteroatoms. The Hall–Kier alpha value is -1.80. The molecule has 0 atom stereocenters. The van der Waals surface area contributed by atoms with Crippen LogP contribution in [0.25, 0.3) is 10.8 Å². The van der Waals surface area contributed by atoms with E-state index in [0.717, 1.165) is 6.07 Å². The van der Waals surface area contributed by atoms with Crippen molar-refractivity contribution < 1.29 is 48.0 Å². The van der Waals surface area contributed by atoms with E-state index in [9.17, 15) is 19.3 Å². The topological polar surface area (TPSA) is 174 Å². The van der Waals surface area contributed by atoms with Crippen molar-refractivity contribution >= 4 is 26.4 Å². The zero-order valence-electron chi connectivity index (χ0n) is 10.5. The van der Waals surface area contributed by atoms with Crippen LogP contribution in [0.2, 0.25) is 0 Å². The van der Waals surface area contributed by atoms with Crippen molar-refractivity contribution in [2.24, 2.45) is 0 Å². The summed E-state index contributed by atoms with van der Waals surface area (Å²) >= 11 is 0. The van der Waals surface area contributed by atoms with E-state index in [-0.39, 0.29) is 10.8 Å². The summed E-state index contributed by atoms with van der Waals surface area (Å²) in [5.41, 5.74) is 0. The van der Waals surface area contributed by atoms with Gasteiger partial charge in [-0.3, -0.25) is 19.6 Å². The van der Waals surface area contributed by atoms with Crippen LogP contribution < -0.4 is 9.05 Å². The summed E-state index contributed by atoms with van der Waals surface area (Å²) in [6.45, 7) is 0. The van der Waals surface area contributed by atoms with Crippen LogP contribution in [0.5, 0.6) is 23.0 Å². The molecule has 0 unspecified atom stereocenters. The molecule has 0 aliphatic heterocycles. The van der Waals surface area contributed by atoms with Gasteiger partial charge in [-0.25, -0.2) is 9.13 Å². The summed E-state index contributed by atoms with van der Waals surface area (Å²) in [6, 6.07) is 4.27. The highest BCUT2D eigenvalue weighted by Gasteiger charge is 2.26. The average Bonchev–Trinajstić information content (AvgIpc) is 2.30. The first-order chi connectivity index (χ1) is 9.98. The van der Waals surface area contributed by atoms with Crippen LogP contribution in [0.3, 0.4) is 0 Å². The lowest BCUT2D eigenvalue weighted by Gasteiger charge is -2.16. The molecular weight excluding hydrogens is 342 g/mol. The van der Waals surface area contributed by atoms with Crippen LogP contribution in [0.1, 0.15) is 0 Å². The van der Waals surface area contributed by atoms with Crippen molar-refractivity contribution in [3.05, 3.63) is 24.3 Å². The average molecular weight is 352 g/mol. The molecule has 2 aromatic carbocycles. The van der Waals surface area contributed by atoms with Gasteiger partial charge in [0.1, 0.15) is 11.5 Å². The zero-order chi connectivity index (χ0) is 16.7. The summed E-state index contributed by atoms with van der Waals surface area (Å²) in [5.74, 6) is -2.60. The molecule has 0 spiro atoms. The van der Waals surface area contributed by atoms with E-state index >= 15 is 0 Å². The predicted molar refractivity (Wildman–Crippen MR) is 72.6 cm³/mol. The third-order valence-electron chi connectivity index (χ3n) is 2.46. The van der Waals surface area contributed by atoms with Gasteiger partial charge in [0.25, 0.3) is 0 Å². The molecular formula is C10H10O10P2. The van der Waals surface area contributed by atoms with Crippen molar-refractivity contribution in [3.8, 4) is 23.0 Å². The molecule has 0 bridgehead atoms. The Morgan fingerprint density at radius 1 is 0.864 bits per heavy atom. The van der Waals surface area contributed by atoms with Crippen LogP contribution in [0.15, 0.2) is 24.3 Å². The SMILES string of the molecule is O=P(O)(O)Oc1c(O)cc(OP(=O)(O)O)c2c(O)cccc12. The normalized spacial score (nSPS) is 12.4. The lowest BCUT2D eigenvalue weighted by atomic mass is 10.1. The maximum absolute atomic E-state index is 10.9. The van der Waals surface area contributed by atoms with Gasteiger partial charge in [0.2, 0.25) is 0 Å². The van der Waals surface area contributed by atoms with Gasteiger partial charge in [-0.05, 0) is 6.07 Å². The molecule has 0 aliphatic carbocycles. The lowest BCUT2D eigenvalue weighted by molar-refractivity contribution is 0.275. The Morgan fingerprint density at radius 3 is 2.00 bits per heavy atom. The Kier molecular flexibility index (Phi) is 4.09. The summed E-state index contributed by atoms with van der Waals surface area (Å²) in [6.07, 6.45) is 0. The predicted octanol–water partition coefficient (Wildman–Crippen LogP) is 1.19. The smallest absolute Gasteiger partial charge is 0.507 e. The zero-order valence-corrected chi connectivity index (χ0v) is 12.3. The van der Waals surface area contributed by atoms with Crippen LogP contribution in [-0.4, -0.2) is 29.8 Å². The molecule has 2 aromatic rings. The third kappa shape index (κ3) is 3.69. The second-order valence-corrected chi connectivity index (χ2v) is 6.41. The molecule has 120 valence electrons. The van der Waals surface area contributed by atoms with Crippen LogP contribution in [0, 0.1) is 0 Å². The fourth-order valence-electron chi connectivity index (χ4n) is 1.80. The molecule has 2 rings (SSSR count). The first kappa shape index (κ1) is 16.6. The molecule has 0 saturated carbocycles. The maximum atomic E-state index is 10.9. The van der Waals surface area contributed by atoms with E-state index in [1.54, 1.807) is 0 Å². The Morgan fingerprint density at radius 2 is 1.45 bits per heavy atom. The molecule has 0 saturated heterocycles. The standard InChI is InChI=1S/C10H10O10P2/c11-6-3-1-2-5-9(6)8(19-21(13,14)15)4-7(12)10(5)20-22(16,17)18/h1-4,11-12H,(H2,13,14,15)(H2,16,17,18). The van der Waals surface area contributed by atoms with Crippen molar-refractivity contribution in [3.63, 3.8) is 0 Å². The number of hydrogen-bond acceptors (Lipinski definition) is 6. The van der Waals surface area contributed by atoms with Crippen LogP contribution >= 0.6 is 15.6 Å². The highest BCUT2D eigenvalue weighted by molar-refractivity contribution is 7.47. The van der Waals surface area contributed by atoms with Crippen molar-refractivity contribution in [2.45, 2.75) is 0 Å². The molecule has 0 aliphatic rings. The molecule has 0 fully saturated rings. The highest BCUT2D eigenvalue weighted by atomic mass is 31.2. The molecule has 6 N–H and O–H groups in total. The van der Waals surface area contributed by atoms with E-state index in [4.69, 9.17) is 19.6 Å². The van der Waals surface area contributed by atoms with E-state index in [0.29, 0.717) is 6.07 Å². The van der Waals surface area contributed by atoms with Gasteiger partial charge in [0.05, 0.1) is 5.39 Å². The first-order valence-electron chi connectivity index (χ1n) is 5.46. The second kappa shape index (κ2) is 5.44. The number of aromatic hydroxyl groups is 2. The van der Waals surface area contributed by atoms with Crippen LogP contribution in [-0.2, 0) is 9.13 Å². The fourth-order valence-corrected chi connectivity index (χ4v) is 2.63. The second-order valence-electron chi connectivity index (χ2n) is 4.09. The van der Waals surface area contributed by atoms with Gasteiger partial charge in [-0.15, -0.1) is 0 Å². The monoisotopic (exact) mass is 352 g/mol. The Labute approximate surface area is 122 Å². The van der Waals surface area contributed by atoms with Crippen molar-refractivity contribution in [1.82, 2.24) is 0 Å². The number of rotatable bonds is 4. The Bertz CT molecular complexity index is 820. The fraction of sp³-hybridized carbons (Fsp3) is 0. The van der Waals surface area contributed by atoms with Crippen molar-refractivity contribution in [1.29, 1.82) is 0 Å². The van der Waals surface area contributed by atoms with Gasteiger partial charge >= 0.3 is 15.6 Å². The minimum absolute atomic E-state index is 0.216.